The summed E-state index contributed by atoms with van der Waals surface area (Å²) in [7, 11) is 0. The summed E-state index contributed by atoms with van der Waals surface area (Å²) in [5.41, 5.74) is 0. The molecule has 1 amide bonds. The highest BCUT2D eigenvalue weighted by molar-refractivity contribution is 7.09. The highest BCUT2D eigenvalue weighted by Gasteiger charge is 2.46. The van der Waals surface area contributed by atoms with Crippen molar-refractivity contribution < 1.29 is 14.3 Å². The average Bonchev–Trinajstić information content (AvgIpc) is 3.26. The van der Waals surface area contributed by atoms with Crippen molar-refractivity contribution in [3.8, 4) is 0 Å². The van der Waals surface area contributed by atoms with E-state index in [4.69, 9.17) is 9.47 Å². The lowest BCUT2D eigenvalue weighted by Crippen LogP contribution is -2.46. The second-order valence-electron chi connectivity index (χ2n) is 6.09. The number of hydrogen-bond donors (Lipinski definition) is 0. The molecule has 4 heterocycles. The van der Waals surface area contributed by atoms with Crippen LogP contribution in [0.2, 0.25) is 0 Å². The normalized spacial score (nSPS) is 32.4. The minimum absolute atomic E-state index is 0.145. The third-order valence-electron chi connectivity index (χ3n) is 4.81. The molecule has 0 aliphatic carbocycles. The topological polar surface area (TPSA) is 54.9 Å². The van der Waals surface area contributed by atoms with Crippen LogP contribution in [-0.2, 0) is 20.8 Å². The first-order valence-electron chi connectivity index (χ1n) is 7.95. The van der Waals surface area contributed by atoms with Crippen molar-refractivity contribution in [2.45, 2.75) is 37.6 Å². The number of carbonyl (C=O) groups is 1. The maximum Gasteiger partial charge on any atom is 0.251 e. The Kier molecular flexibility index (Phi) is 4.13. The number of amides is 1. The van der Waals surface area contributed by atoms with Crippen LogP contribution in [0.3, 0.4) is 0 Å². The molecule has 120 valence electrons. The molecule has 0 saturated carbocycles. The molecule has 1 aromatic heterocycles. The van der Waals surface area contributed by atoms with Crippen LogP contribution in [0.4, 0.5) is 0 Å². The Balaban J connectivity index is 1.38. The zero-order valence-electron chi connectivity index (χ0n) is 12.5. The van der Waals surface area contributed by atoms with Gasteiger partial charge in [-0.05, 0) is 6.42 Å². The van der Waals surface area contributed by atoms with E-state index in [9.17, 15) is 4.79 Å². The van der Waals surface area contributed by atoms with E-state index in [0.29, 0.717) is 32.3 Å². The highest BCUT2D eigenvalue weighted by atomic mass is 32.1. The Morgan fingerprint density at radius 1 is 1.36 bits per heavy atom. The van der Waals surface area contributed by atoms with Gasteiger partial charge in [0.2, 0.25) is 0 Å². The van der Waals surface area contributed by atoms with Gasteiger partial charge >= 0.3 is 0 Å². The smallest absolute Gasteiger partial charge is 0.251 e. The van der Waals surface area contributed by atoms with E-state index in [2.05, 4.69) is 9.88 Å². The van der Waals surface area contributed by atoms with Crippen LogP contribution >= 0.6 is 11.3 Å². The number of thiazole rings is 1. The summed E-state index contributed by atoms with van der Waals surface area (Å²) >= 11 is 1.69. The summed E-state index contributed by atoms with van der Waals surface area (Å²) in [6.07, 6.45) is 3.61. The number of nitrogens with zero attached hydrogens (tertiary/aromatic N) is 3. The van der Waals surface area contributed by atoms with E-state index in [-0.39, 0.29) is 18.1 Å². The fourth-order valence-corrected chi connectivity index (χ4v) is 4.32. The summed E-state index contributed by atoms with van der Waals surface area (Å²) in [6.45, 7) is 4.57. The predicted molar refractivity (Wildman–Crippen MR) is 81.6 cm³/mol. The van der Waals surface area contributed by atoms with Crippen molar-refractivity contribution in [2.24, 2.45) is 0 Å². The standard InChI is InChI=1S/C15H21N3O3S/c19-15(17-4-6-20-7-5-17)13-9-11-12(21-13)1-3-18(11)10-14-16-2-8-22-14/h2,8,11-13H,1,3-7,9-10H2/t11-,12-,13+/m0/s1. The molecule has 0 N–H and O–H groups in total. The molecule has 0 bridgehead atoms. The lowest BCUT2D eigenvalue weighted by molar-refractivity contribution is -0.146. The number of aromatic nitrogens is 1. The van der Waals surface area contributed by atoms with Crippen LogP contribution < -0.4 is 0 Å². The molecule has 22 heavy (non-hydrogen) atoms. The minimum Gasteiger partial charge on any atom is -0.378 e. The number of likely N-dealkylation sites (tertiary alicyclic amines) is 1. The Hall–Kier alpha value is -1.02. The summed E-state index contributed by atoms with van der Waals surface area (Å²) in [4.78, 5) is 21.3. The van der Waals surface area contributed by atoms with E-state index in [1.165, 1.54) is 0 Å². The zero-order valence-corrected chi connectivity index (χ0v) is 13.3. The summed E-state index contributed by atoms with van der Waals surface area (Å²) in [5.74, 6) is 0.145. The number of ether oxygens (including phenoxy) is 2. The number of morpholine rings is 1. The van der Waals surface area contributed by atoms with Crippen molar-refractivity contribution in [3.05, 3.63) is 16.6 Å². The maximum atomic E-state index is 12.6. The number of carbonyl (C=O) groups excluding carboxylic acids is 1. The molecule has 3 aliphatic rings. The third kappa shape index (κ3) is 2.78. The number of fused-ring (bicyclic) bond motifs is 1. The monoisotopic (exact) mass is 323 g/mol. The zero-order chi connectivity index (χ0) is 14.9. The molecule has 6 nitrogen and oxygen atoms in total. The molecule has 0 aromatic carbocycles. The molecule has 3 aliphatic heterocycles. The van der Waals surface area contributed by atoms with Crippen LogP contribution in [0, 0.1) is 0 Å². The molecule has 1 aromatic rings. The first kappa shape index (κ1) is 14.6. The van der Waals surface area contributed by atoms with Crippen LogP contribution in [0.1, 0.15) is 17.8 Å². The highest BCUT2D eigenvalue weighted by Crippen LogP contribution is 2.34. The summed E-state index contributed by atoms with van der Waals surface area (Å²) < 4.78 is 11.4. The first-order chi connectivity index (χ1) is 10.8. The molecular weight excluding hydrogens is 302 g/mol. The van der Waals surface area contributed by atoms with Crippen LogP contribution in [0.5, 0.6) is 0 Å². The average molecular weight is 323 g/mol. The van der Waals surface area contributed by atoms with Gasteiger partial charge in [0.25, 0.3) is 5.91 Å². The Labute approximate surface area is 134 Å². The lowest BCUT2D eigenvalue weighted by Gasteiger charge is -2.29. The first-order valence-corrected chi connectivity index (χ1v) is 8.83. The van der Waals surface area contributed by atoms with Gasteiger partial charge in [-0.2, -0.15) is 0 Å². The van der Waals surface area contributed by atoms with Gasteiger partial charge in [-0.25, -0.2) is 4.98 Å². The van der Waals surface area contributed by atoms with Gasteiger partial charge in [-0.3, -0.25) is 9.69 Å². The predicted octanol–water partition coefficient (Wildman–Crippen LogP) is 0.734. The van der Waals surface area contributed by atoms with Gasteiger partial charge in [-0.1, -0.05) is 0 Å². The fourth-order valence-electron chi connectivity index (χ4n) is 3.68. The van der Waals surface area contributed by atoms with Crippen molar-refractivity contribution >= 4 is 17.2 Å². The molecule has 0 unspecified atom stereocenters. The molecule has 0 radical (unpaired) electrons. The van der Waals surface area contributed by atoms with E-state index in [1.807, 2.05) is 16.5 Å². The van der Waals surface area contributed by atoms with Crippen molar-refractivity contribution in [1.82, 2.24) is 14.8 Å². The van der Waals surface area contributed by atoms with Gasteiger partial charge in [0.15, 0.2) is 0 Å². The molecule has 3 fully saturated rings. The molecule has 4 rings (SSSR count). The van der Waals surface area contributed by atoms with Crippen LogP contribution in [-0.4, -0.2) is 71.8 Å². The molecule has 3 atom stereocenters. The van der Waals surface area contributed by atoms with Gasteiger partial charge in [-0.15, -0.1) is 11.3 Å². The quantitative estimate of drug-likeness (QED) is 0.821. The largest absolute Gasteiger partial charge is 0.378 e. The summed E-state index contributed by atoms with van der Waals surface area (Å²) in [6, 6.07) is 0.360. The number of hydrogen-bond acceptors (Lipinski definition) is 6. The van der Waals surface area contributed by atoms with Crippen LogP contribution in [0.15, 0.2) is 11.6 Å². The van der Waals surface area contributed by atoms with Crippen molar-refractivity contribution in [1.29, 1.82) is 0 Å². The Bertz CT molecular complexity index is 518. The second-order valence-corrected chi connectivity index (χ2v) is 7.07. The van der Waals surface area contributed by atoms with Crippen LogP contribution in [0.25, 0.3) is 0 Å². The molecular formula is C15H21N3O3S. The number of rotatable bonds is 3. The molecule has 3 saturated heterocycles. The third-order valence-corrected chi connectivity index (χ3v) is 5.58. The molecule has 7 heteroatoms. The van der Waals surface area contributed by atoms with E-state index < -0.39 is 0 Å². The Morgan fingerprint density at radius 3 is 3.00 bits per heavy atom. The summed E-state index contributed by atoms with van der Waals surface area (Å²) in [5, 5.41) is 3.15. The van der Waals surface area contributed by atoms with Gasteiger partial charge in [0, 0.05) is 43.7 Å². The SMILES string of the molecule is O=C([C@H]1C[C@H]2[C@H](CCN2Cc2nccs2)O1)N1CCOCC1. The van der Waals surface area contributed by atoms with E-state index >= 15 is 0 Å². The van der Waals surface area contributed by atoms with Gasteiger partial charge < -0.3 is 14.4 Å². The molecule has 0 spiro atoms. The fraction of sp³-hybridized carbons (Fsp3) is 0.733. The minimum atomic E-state index is -0.271. The van der Waals surface area contributed by atoms with E-state index in [1.54, 1.807) is 11.3 Å². The van der Waals surface area contributed by atoms with E-state index in [0.717, 1.165) is 30.9 Å². The lowest BCUT2D eigenvalue weighted by atomic mass is 10.1. The van der Waals surface area contributed by atoms with Gasteiger partial charge in [0.05, 0.1) is 25.9 Å². The van der Waals surface area contributed by atoms with Gasteiger partial charge in [0.1, 0.15) is 11.1 Å². The maximum absolute atomic E-state index is 12.6. The second kappa shape index (κ2) is 6.23. The van der Waals surface area contributed by atoms with Crippen molar-refractivity contribution in [3.63, 3.8) is 0 Å². The van der Waals surface area contributed by atoms with Crippen molar-refractivity contribution in [2.75, 3.05) is 32.8 Å². The Morgan fingerprint density at radius 2 is 2.23 bits per heavy atom.